The summed E-state index contributed by atoms with van der Waals surface area (Å²) in [6.45, 7) is 3.75. The van der Waals surface area contributed by atoms with Crippen molar-refractivity contribution in [1.82, 2.24) is 9.56 Å². The van der Waals surface area contributed by atoms with Crippen molar-refractivity contribution in [3.63, 3.8) is 0 Å². The van der Waals surface area contributed by atoms with Crippen molar-refractivity contribution in [2.24, 2.45) is 0 Å². The molecule has 0 bridgehead atoms. The Balaban J connectivity index is 1.50. The van der Waals surface area contributed by atoms with E-state index in [0.717, 1.165) is 10.1 Å². The molecule has 2 aromatic carbocycles. The number of methoxy groups -OCH3 is 1. The van der Waals surface area contributed by atoms with Crippen LogP contribution in [0.2, 0.25) is 0 Å². The molecule has 4 aromatic rings. The van der Waals surface area contributed by atoms with Gasteiger partial charge in [0.1, 0.15) is 23.9 Å². The minimum atomic E-state index is -0.312. The Morgan fingerprint density at radius 2 is 1.97 bits per heavy atom. The number of hydrogen-bond donors (Lipinski definition) is 1. The van der Waals surface area contributed by atoms with Crippen LogP contribution in [-0.4, -0.2) is 22.6 Å². The summed E-state index contributed by atoms with van der Waals surface area (Å²) >= 11 is 0. The molecule has 0 radical (unpaired) electrons. The van der Waals surface area contributed by atoms with Gasteiger partial charge in [0.2, 0.25) is 0 Å². The number of anilines is 1. The molecular formula is C23H21N3O5. The van der Waals surface area contributed by atoms with E-state index >= 15 is 0 Å². The monoisotopic (exact) mass is 419 g/mol. The van der Waals surface area contributed by atoms with Crippen LogP contribution < -0.4 is 20.3 Å². The summed E-state index contributed by atoms with van der Waals surface area (Å²) in [6, 6.07) is 15.3. The number of fused-ring (bicyclic) bond motifs is 1. The Morgan fingerprint density at radius 1 is 1.13 bits per heavy atom. The molecule has 0 saturated carbocycles. The second kappa shape index (κ2) is 8.35. The van der Waals surface area contributed by atoms with Gasteiger partial charge in [-0.05, 0) is 43.7 Å². The Kier molecular flexibility index (Phi) is 5.44. The van der Waals surface area contributed by atoms with Gasteiger partial charge in [-0.25, -0.2) is 4.98 Å². The highest BCUT2D eigenvalue weighted by Gasteiger charge is 2.11. The van der Waals surface area contributed by atoms with Gasteiger partial charge in [0.05, 0.1) is 12.8 Å². The maximum Gasteiger partial charge on any atom is 0.287 e. The highest BCUT2D eigenvalue weighted by molar-refractivity contribution is 6.04. The van der Waals surface area contributed by atoms with Gasteiger partial charge in [-0.2, -0.15) is 0 Å². The van der Waals surface area contributed by atoms with Gasteiger partial charge in [0.15, 0.2) is 5.65 Å². The molecule has 2 heterocycles. The average molecular weight is 419 g/mol. The largest absolute Gasteiger partial charge is 0.497 e. The fraction of sp³-hybridized carbons (Fsp3) is 0.174. The first-order valence-corrected chi connectivity index (χ1v) is 9.61. The number of nitrogens with zero attached hydrogens (tertiary/aromatic N) is 2. The Bertz CT molecular complexity index is 1320. The van der Waals surface area contributed by atoms with E-state index < -0.39 is 0 Å². The molecule has 0 aliphatic heterocycles. The van der Waals surface area contributed by atoms with E-state index in [0.29, 0.717) is 39.9 Å². The van der Waals surface area contributed by atoms with Crippen LogP contribution in [-0.2, 0) is 6.61 Å². The smallest absolute Gasteiger partial charge is 0.287 e. The van der Waals surface area contributed by atoms with Crippen LogP contribution in [0.4, 0.5) is 5.69 Å². The Labute approximate surface area is 178 Å². The molecule has 0 unspecified atom stereocenters. The van der Waals surface area contributed by atoms with Gasteiger partial charge in [-0.15, -0.1) is 4.57 Å². The van der Waals surface area contributed by atoms with Crippen LogP contribution >= 0.6 is 0 Å². The number of ether oxygens (including phenoxy) is 2. The molecule has 0 aliphatic carbocycles. The van der Waals surface area contributed by atoms with Gasteiger partial charge in [0, 0.05) is 29.4 Å². The predicted octanol–water partition coefficient (Wildman–Crippen LogP) is 3.74. The zero-order chi connectivity index (χ0) is 22.0. The highest BCUT2D eigenvalue weighted by atomic mass is 16.5. The number of nitrogens with one attached hydrogen (secondary N) is 1. The number of carbonyl (C=O) groups is 1. The predicted molar refractivity (Wildman–Crippen MR) is 115 cm³/mol. The average Bonchev–Trinajstić information content (AvgIpc) is 3.15. The van der Waals surface area contributed by atoms with Crippen molar-refractivity contribution in [3.8, 4) is 11.5 Å². The molecule has 8 heteroatoms. The Hall–Kier alpha value is -4.07. The lowest BCUT2D eigenvalue weighted by Gasteiger charge is -2.12. The summed E-state index contributed by atoms with van der Waals surface area (Å²) < 4.78 is 17.5. The molecule has 0 atom stereocenters. The molecule has 0 aliphatic rings. The number of aryl methyl sites for hydroxylation is 2. The van der Waals surface area contributed by atoms with Crippen molar-refractivity contribution in [2.75, 3.05) is 12.4 Å². The zero-order valence-electron chi connectivity index (χ0n) is 17.3. The van der Waals surface area contributed by atoms with Gasteiger partial charge < -0.3 is 19.3 Å². The van der Waals surface area contributed by atoms with Crippen LogP contribution in [0.25, 0.3) is 5.65 Å². The van der Waals surface area contributed by atoms with E-state index in [2.05, 4.69) is 10.3 Å². The summed E-state index contributed by atoms with van der Waals surface area (Å²) in [5.74, 6) is 1.52. The molecule has 31 heavy (non-hydrogen) atoms. The van der Waals surface area contributed by atoms with Crippen molar-refractivity contribution in [1.29, 1.82) is 0 Å². The third-order valence-electron chi connectivity index (χ3n) is 4.68. The number of aromatic nitrogens is 2. The molecule has 1 amide bonds. The van der Waals surface area contributed by atoms with E-state index in [-0.39, 0.29) is 18.1 Å². The summed E-state index contributed by atoms with van der Waals surface area (Å²) in [6.07, 6.45) is 0. The highest BCUT2D eigenvalue weighted by Crippen LogP contribution is 2.24. The molecule has 0 saturated heterocycles. The molecule has 4 rings (SSSR count). The minimum Gasteiger partial charge on any atom is -0.497 e. The third-order valence-corrected chi connectivity index (χ3v) is 4.68. The van der Waals surface area contributed by atoms with Crippen LogP contribution in [0.5, 0.6) is 11.5 Å². The van der Waals surface area contributed by atoms with E-state index in [9.17, 15) is 9.59 Å². The third kappa shape index (κ3) is 4.42. The number of amides is 1. The molecule has 0 fully saturated rings. The normalized spacial score (nSPS) is 10.8. The Morgan fingerprint density at radius 3 is 2.77 bits per heavy atom. The summed E-state index contributed by atoms with van der Waals surface area (Å²) in [4.78, 5) is 29.1. The summed E-state index contributed by atoms with van der Waals surface area (Å²) in [7, 11) is 1.55. The number of rotatable bonds is 6. The maximum atomic E-state index is 12.6. The molecular weight excluding hydrogens is 398 g/mol. The summed E-state index contributed by atoms with van der Waals surface area (Å²) in [5, 5.41) is 2.86. The first-order valence-electron chi connectivity index (χ1n) is 9.61. The fourth-order valence-corrected chi connectivity index (χ4v) is 3.10. The van der Waals surface area contributed by atoms with Crippen LogP contribution in [0, 0.1) is 13.8 Å². The molecule has 2 aromatic heterocycles. The van der Waals surface area contributed by atoms with Crippen molar-refractivity contribution >= 4 is 17.2 Å². The fourth-order valence-electron chi connectivity index (χ4n) is 3.10. The van der Waals surface area contributed by atoms with E-state index in [1.54, 1.807) is 56.5 Å². The van der Waals surface area contributed by atoms with Gasteiger partial charge in [-0.1, -0.05) is 12.1 Å². The lowest BCUT2D eigenvalue weighted by molar-refractivity contribution is 0.102. The van der Waals surface area contributed by atoms with E-state index in [1.165, 1.54) is 6.07 Å². The standard InChI is InChI=1S/C23H21N3O5/c1-14-7-8-17(25-23(28)16-5-4-6-19(10-16)29-3)11-20(14)30-13-18-12-22(27)26-21(24-18)9-15(2)31-26/h4-12H,13H2,1-3H3,(H,25,28). The maximum absolute atomic E-state index is 12.6. The number of benzene rings is 2. The lowest BCUT2D eigenvalue weighted by Crippen LogP contribution is -2.14. The first-order chi connectivity index (χ1) is 14.9. The second-order valence-electron chi connectivity index (χ2n) is 7.04. The van der Waals surface area contributed by atoms with Crippen molar-refractivity contribution in [2.45, 2.75) is 20.5 Å². The minimum absolute atomic E-state index is 0.101. The van der Waals surface area contributed by atoms with Gasteiger partial charge >= 0.3 is 0 Å². The number of hydrogen-bond acceptors (Lipinski definition) is 6. The van der Waals surface area contributed by atoms with Crippen molar-refractivity contribution in [3.05, 3.63) is 87.5 Å². The zero-order valence-corrected chi connectivity index (χ0v) is 17.3. The van der Waals surface area contributed by atoms with Crippen LogP contribution in [0.3, 0.4) is 0 Å². The molecule has 158 valence electrons. The molecule has 1 N–H and O–H groups in total. The van der Waals surface area contributed by atoms with Crippen LogP contribution in [0.1, 0.15) is 27.4 Å². The number of carbonyl (C=O) groups excluding carboxylic acids is 1. The quantitative estimate of drug-likeness (QED) is 0.512. The van der Waals surface area contributed by atoms with Crippen LogP contribution in [0.15, 0.2) is 63.9 Å². The van der Waals surface area contributed by atoms with E-state index in [1.807, 2.05) is 13.0 Å². The van der Waals surface area contributed by atoms with E-state index in [4.69, 9.17) is 14.0 Å². The molecule has 0 spiro atoms. The lowest BCUT2D eigenvalue weighted by atomic mass is 10.1. The van der Waals surface area contributed by atoms with Gasteiger partial charge in [-0.3, -0.25) is 9.59 Å². The topological polar surface area (TPSA) is 95.1 Å². The SMILES string of the molecule is COc1cccc(C(=O)Nc2ccc(C)c(OCc3cc(=O)n4oc(C)cc4n3)c2)c1. The molecule has 8 nitrogen and oxygen atoms in total. The van der Waals surface area contributed by atoms with Crippen molar-refractivity contribution < 1.29 is 18.8 Å². The van der Waals surface area contributed by atoms with Gasteiger partial charge in [0.25, 0.3) is 11.5 Å². The second-order valence-corrected chi connectivity index (χ2v) is 7.04. The summed E-state index contributed by atoms with van der Waals surface area (Å²) in [5.41, 5.74) is 2.55. The first kappa shape index (κ1) is 20.2.